The fourth-order valence-corrected chi connectivity index (χ4v) is 1.56. The van der Waals surface area contributed by atoms with E-state index in [1.54, 1.807) is 7.05 Å². The topological polar surface area (TPSA) is 70.1 Å². The van der Waals surface area contributed by atoms with E-state index in [9.17, 15) is 9.18 Å². The van der Waals surface area contributed by atoms with Crippen LogP contribution in [0.1, 0.15) is 24.5 Å². The van der Waals surface area contributed by atoms with E-state index in [1.165, 1.54) is 23.1 Å². The van der Waals surface area contributed by atoms with Gasteiger partial charge >= 0.3 is 0 Å². The molecule has 1 aromatic rings. The number of rotatable bonds is 4. The van der Waals surface area contributed by atoms with E-state index < -0.39 is 11.9 Å². The molecule has 1 amide bonds. The Balaban J connectivity index is 2.85. The maximum absolute atomic E-state index is 13.5. The van der Waals surface area contributed by atoms with Crippen molar-refractivity contribution in [3.8, 4) is 6.07 Å². The van der Waals surface area contributed by atoms with Crippen molar-refractivity contribution in [1.82, 2.24) is 4.90 Å². The molecule has 2 N–H and O–H groups in total. The van der Waals surface area contributed by atoms with Gasteiger partial charge in [0.1, 0.15) is 5.82 Å². The molecular weight excluding hydrogens is 233 g/mol. The van der Waals surface area contributed by atoms with Gasteiger partial charge in [-0.25, -0.2) is 4.39 Å². The third kappa shape index (κ3) is 3.28. The lowest BCUT2D eigenvalue weighted by Gasteiger charge is -2.21. The van der Waals surface area contributed by atoms with Crippen LogP contribution in [0.3, 0.4) is 0 Å². The van der Waals surface area contributed by atoms with E-state index in [0.717, 1.165) is 0 Å². The van der Waals surface area contributed by atoms with E-state index in [4.69, 9.17) is 11.0 Å². The number of nitrogens with two attached hydrogens (primary N) is 1. The lowest BCUT2D eigenvalue weighted by Crippen LogP contribution is -2.41. The van der Waals surface area contributed by atoms with E-state index in [-0.39, 0.29) is 12.5 Å². The van der Waals surface area contributed by atoms with Gasteiger partial charge in [-0.15, -0.1) is 0 Å². The van der Waals surface area contributed by atoms with Gasteiger partial charge in [0.15, 0.2) is 0 Å². The van der Waals surface area contributed by atoms with Crippen molar-refractivity contribution in [2.24, 2.45) is 5.73 Å². The van der Waals surface area contributed by atoms with E-state index in [2.05, 4.69) is 0 Å². The van der Waals surface area contributed by atoms with Crippen molar-refractivity contribution in [1.29, 1.82) is 5.26 Å². The van der Waals surface area contributed by atoms with Gasteiger partial charge in [-0.1, -0.05) is 6.92 Å². The summed E-state index contributed by atoms with van der Waals surface area (Å²) in [5.74, 6) is -0.669. The molecule has 0 bridgehead atoms. The van der Waals surface area contributed by atoms with Crippen LogP contribution in [0.4, 0.5) is 4.39 Å². The summed E-state index contributed by atoms with van der Waals surface area (Å²) in [6.45, 7) is 1.92. The Morgan fingerprint density at radius 3 is 2.83 bits per heavy atom. The predicted octanol–water partition coefficient (Wildman–Crippen LogP) is 1.39. The second kappa shape index (κ2) is 6.12. The lowest BCUT2D eigenvalue weighted by molar-refractivity contribution is -0.131. The molecule has 0 spiro atoms. The number of hydrogen-bond acceptors (Lipinski definition) is 3. The highest BCUT2D eigenvalue weighted by Gasteiger charge is 2.17. The molecule has 18 heavy (non-hydrogen) atoms. The molecule has 96 valence electrons. The third-order valence-corrected chi connectivity index (χ3v) is 2.72. The van der Waals surface area contributed by atoms with Crippen molar-refractivity contribution in [3.05, 3.63) is 35.1 Å². The molecule has 0 saturated heterocycles. The van der Waals surface area contributed by atoms with Gasteiger partial charge in [0.2, 0.25) is 5.91 Å². The number of amides is 1. The van der Waals surface area contributed by atoms with Crippen molar-refractivity contribution in [2.45, 2.75) is 25.9 Å². The highest BCUT2D eigenvalue weighted by molar-refractivity contribution is 5.81. The number of halogens is 1. The Hall–Kier alpha value is -1.93. The summed E-state index contributed by atoms with van der Waals surface area (Å²) in [6, 6.07) is 5.43. The van der Waals surface area contributed by atoms with Crippen molar-refractivity contribution in [3.63, 3.8) is 0 Å². The minimum Gasteiger partial charge on any atom is -0.340 e. The molecule has 0 aliphatic carbocycles. The zero-order valence-electron chi connectivity index (χ0n) is 10.5. The number of carbonyl (C=O) groups excluding carboxylic acids is 1. The van der Waals surface area contributed by atoms with Crippen LogP contribution in [0.2, 0.25) is 0 Å². The van der Waals surface area contributed by atoms with Crippen LogP contribution >= 0.6 is 0 Å². The number of hydrogen-bond donors (Lipinski definition) is 1. The van der Waals surface area contributed by atoms with E-state index in [0.29, 0.717) is 17.5 Å². The second-order valence-corrected chi connectivity index (χ2v) is 4.13. The van der Waals surface area contributed by atoms with Crippen LogP contribution in [-0.4, -0.2) is 23.9 Å². The van der Waals surface area contributed by atoms with Crippen molar-refractivity contribution >= 4 is 5.91 Å². The Morgan fingerprint density at radius 1 is 1.61 bits per heavy atom. The van der Waals surface area contributed by atoms with Gasteiger partial charge in [0, 0.05) is 19.2 Å². The van der Waals surface area contributed by atoms with E-state index in [1.807, 2.05) is 13.0 Å². The number of likely N-dealkylation sites (N-methyl/N-ethyl adjacent to an activating group) is 1. The number of benzene rings is 1. The first-order chi connectivity index (χ1) is 8.49. The van der Waals surface area contributed by atoms with Crippen LogP contribution in [0.5, 0.6) is 0 Å². The molecule has 1 aromatic carbocycles. The zero-order valence-corrected chi connectivity index (χ0v) is 10.5. The average Bonchev–Trinajstić information content (AvgIpc) is 2.39. The Morgan fingerprint density at radius 2 is 2.28 bits per heavy atom. The van der Waals surface area contributed by atoms with Gasteiger partial charge in [-0.3, -0.25) is 4.79 Å². The summed E-state index contributed by atoms with van der Waals surface area (Å²) in [5.41, 5.74) is 6.31. The molecular formula is C13H16FN3O. The summed E-state index contributed by atoms with van der Waals surface area (Å²) in [7, 11) is 1.57. The Kier molecular flexibility index (Phi) is 4.81. The molecule has 0 aliphatic rings. The SMILES string of the molecule is CC[C@@H](N)C(=O)N(C)Cc1cc(C#N)ccc1F. The number of carbonyl (C=O) groups is 1. The molecule has 0 radical (unpaired) electrons. The normalized spacial score (nSPS) is 11.7. The zero-order chi connectivity index (χ0) is 13.7. The summed E-state index contributed by atoms with van der Waals surface area (Å²) in [6.07, 6.45) is 0.532. The fourth-order valence-electron chi connectivity index (χ4n) is 1.56. The molecule has 4 nitrogen and oxygen atoms in total. The van der Waals surface area contributed by atoms with Crippen LogP contribution < -0.4 is 5.73 Å². The van der Waals surface area contributed by atoms with Crippen LogP contribution in [-0.2, 0) is 11.3 Å². The average molecular weight is 249 g/mol. The third-order valence-electron chi connectivity index (χ3n) is 2.72. The Bertz CT molecular complexity index is 482. The van der Waals surface area contributed by atoms with Gasteiger partial charge < -0.3 is 10.6 Å². The predicted molar refractivity (Wildman–Crippen MR) is 65.9 cm³/mol. The first-order valence-corrected chi connectivity index (χ1v) is 5.68. The first-order valence-electron chi connectivity index (χ1n) is 5.68. The van der Waals surface area contributed by atoms with E-state index >= 15 is 0 Å². The smallest absolute Gasteiger partial charge is 0.239 e. The maximum atomic E-state index is 13.5. The minimum atomic E-state index is -0.572. The lowest BCUT2D eigenvalue weighted by atomic mass is 10.1. The Labute approximate surface area is 106 Å². The molecule has 0 aliphatic heterocycles. The quantitative estimate of drug-likeness (QED) is 0.876. The summed E-state index contributed by atoms with van der Waals surface area (Å²) < 4.78 is 13.5. The molecule has 0 heterocycles. The first kappa shape index (κ1) is 14.1. The largest absolute Gasteiger partial charge is 0.340 e. The molecule has 0 saturated carbocycles. The van der Waals surface area contributed by atoms with Gasteiger partial charge in [-0.05, 0) is 24.6 Å². The summed E-state index contributed by atoms with van der Waals surface area (Å²) >= 11 is 0. The van der Waals surface area contributed by atoms with Crippen LogP contribution in [0.15, 0.2) is 18.2 Å². The maximum Gasteiger partial charge on any atom is 0.239 e. The molecule has 0 aromatic heterocycles. The van der Waals surface area contributed by atoms with Crippen molar-refractivity contribution in [2.75, 3.05) is 7.05 Å². The number of nitrogens with zero attached hydrogens (tertiary/aromatic N) is 2. The minimum absolute atomic E-state index is 0.105. The van der Waals surface area contributed by atoms with Gasteiger partial charge in [0.25, 0.3) is 0 Å². The highest BCUT2D eigenvalue weighted by atomic mass is 19.1. The van der Waals surface area contributed by atoms with Crippen LogP contribution in [0.25, 0.3) is 0 Å². The summed E-state index contributed by atoms with van der Waals surface area (Å²) in [4.78, 5) is 13.1. The summed E-state index contributed by atoms with van der Waals surface area (Å²) in [5, 5.41) is 8.75. The second-order valence-electron chi connectivity index (χ2n) is 4.13. The van der Waals surface area contributed by atoms with Crippen molar-refractivity contribution < 1.29 is 9.18 Å². The molecule has 0 fully saturated rings. The monoisotopic (exact) mass is 249 g/mol. The molecule has 1 rings (SSSR count). The highest BCUT2D eigenvalue weighted by Crippen LogP contribution is 2.12. The molecule has 0 unspecified atom stereocenters. The number of nitriles is 1. The van der Waals surface area contributed by atoms with Gasteiger partial charge in [-0.2, -0.15) is 5.26 Å². The standard InChI is InChI=1S/C13H16FN3O/c1-3-12(16)13(18)17(2)8-10-6-9(7-15)4-5-11(10)14/h4-6,12H,3,8,16H2,1-2H3/t12-/m1/s1. The van der Waals surface area contributed by atoms with Crippen LogP contribution in [0, 0.1) is 17.1 Å². The fraction of sp³-hybridized carbons (Fsp3) is 0.385. The molecule has 5 heteroatoms. The van der Waals surface area contributed by atoms with Gasteiger partial charge in [0.05, 0.1) is 17.7 Å². The molecule has 1 atom stereocenters.